The number of aliphatic carboxylic acids is 1. The quantitative estimate of drug-likeness (QED) is 0.865. The molecule has 0 bridgehead atoms. The van der Waals surface area contributed by atoms with Gasteiger partial charge in [0.2, 0.25) is 5.91 Å². The van der Waals surface area contributed by atoms with Crippen molar-refractivity contribution in [1.82, 2.24) is 0 Å². The minimum atomic E-state index is -0.940. The van der Waals surface area contributed by atoms with Crippen molar-refractivity contribution in [2.45, 2.75) is 38.4 Å². The van der Waals surface area contributed by atoms with E-state index in [0.717, 1.165) is 29.7 Å². The Morgan fingerprint density at radius 1 is 1.30 bits per heavy atom. The first kappa shape index (κ1) is 17.7. The lowest BCUT2D eigenvalue weighted by atomic mass is 9.81. The van der Waals surface area contributed by atoms with Gasteiger partial charge in [-0.05, 0) is 43.4 Å². The molecular formula is C17H23NO4S. The Kier molecular flexibility index (Phi) is 5.93. The molecule has 1 amide bonds. The van der Waals surface area contributed by atoms with Crippen molar-refractivity contribution in [1.29, 1.82) is 0 Å². The number of benzene rings is 1. The molecule has 5 nitrogen and oxygen atoms in total. The summed E-state index contributed by atoms with van der Waals surface area (Å²) in [5, 5.41) is 12.1. The molecule has 2 rings (SSSR count). The maximum atomic E-state index is 12.5. The van der Waals surface area contributed by atoms with Crippen LogP contribution in [0.1, 0.15) is 36.8 Å². The predicted molar refractivity (Wildman–Crippen MR) is 90.7 cm³/mol. The summed E-state index contributed by atoms with van der Waals surface area (Å²) in [6.07, 6.45) is 4.20. The standard InChI is InChI=1S/C17H23NO4S/c1-11-14(10-23(2)22)7-4-8-15(11)18-16(19)12-5-3-6-13(9-12)17(20)21/h4,7-8,12-13H,3,5-6,9-10H2,1-2H3,(H,18,19)(H,20,21). The highest BCUT2D eigenvalue weighted by Gasteiger charge is 2.31. The number of carboxylic acids is 1. The molecule has 1 aliphatic rings. The summed E-state index contributed by atoms with van der Waals surface area (Å²) in [4.78, 5) is 23.6. The molecule has 1 fully saturated rings. The van der Waals surface area contributed by atoms with Crippen molar-refractivity contribution in [3.05, 3.63) is 29.3 Å². The van der Waals surface area contributed by atoms with Gasteiger partial charge in [0.1, 0.15) is 0 Å². The van der Waals surface area contributed by atoms with Gasteiger partial charge in [-0.25, -0.2) is 0 Å². The van der Waals surface area contributed by atoms with Crippen LogP contribution in [0.3, 0.4) is 0 Å². The Morgan fingerprint density at radius 3 is 2.65 bits per heavy atom. The lowest BCUT2D eigenvalue weighted by Crippen LogP contribution is -2.31. The molecule has 3 unspecified atom stereocenters. The smallest absolute Gasteiger partial charge is 0.306 e. The lowest BCUT2D eigenvalue weighted by Gasteiger charge is -2.26. The largest absolute Gasteiger partial charge is 0.481 e. The molecule has 0 saturated heterocycles. The normalized spacial score (nSPS) is 22.3. The molecule has 2 N–H and O–H groups in total. The second-order valence-electron chi connectivity index (χ2n) is 6.20. The van der Waals surface area contributed by atoms with Crippen molar-refractivity contribution in [3.8, 4) is 0 Å². The number of hydrogen-bond donors (Lipinski definition) is 2. The Balaban J connectivity index is 2.08. The van der Waals surface area contributed by atoms with Crippen molar-refractivity contribution >= 4 is 28.4 Å². The van der Waals surface area contributed by atoms with Crippen LogP contribution in [0.5, 0.6) is 0 Å². The highest BCUT2D eigenvalue weighted by Crippen LogP contribution is 2.30. The minimum Gasteiger partial charge on any atom is -0.481 e. The molecule has 1 saturated carbocycles. The summed E-state index contributed by atoms with van der Waals surface area (Å²) in [6.45, 7) is 1.90. The molecule has 1 aromatic rings. The molecular weight excluding hydrogens is 314 g/mol. The van der Waals surface area contributed by atoms with Gasteiger partial charge in [-0.15, -0.1) is 0 Å². The zero-order valence-electron chi connectivity index (χ0n) is 13.5. The lowest BCUT2D eigenvalue weighted by molar-refractivity contribution is -0.143. The third kappa shape index (κ3) is 4.64. The first-order chi connectivity index (χ1) is 10.9. The highest BCUT2D eigenvalue weighted by molar-refractivity contribution is 7.83. The number of carboxylic acid groups (broad SMARTS) is 1. The zero-order chi connectivity index (χ0) is 17.0. The molecule has 0 aromatic heterocycles. The molecule has 0 radical (unpaired) electrons. The van der Waals surface area contributed by atoms with Crippen LogP contribution >= 0.6 is 0 Å². The van der Waals surface area contributed by atoms with Gasteiger partial charge in [-0.1, -0.05) is 18.6 Å². The molecule has 3 atom stereocenters. The van der Waals surface area contributed by atoms with Crippen LogP contribution in [0.15, 0.2) is 18.2 Å². The monoisotopic (exact) mass is 337 g/mol. The molecule has 6 heteroatoms. The number of hydrogen-bond acceptors (Lipinski definition) is 3. The van der Waals surface area contributed by atoms with Gasteiger partial charge in [0.05, 0.1) is 5.92 Å². The van der Waals surface area contributed by atoms with Gasteiger partial charge in [0.15, 0.2) is 0 Å². The second kappa shape index (κ2) is 7.73. The average Bonchev–Trinajstić information content (AvgIpc) is 2.51. The van der Waals surface area contributed by atoms with E-state index in [1.54, 1.807) is 6.26 Å². The summed E-state index contributed by atoms with van der Waals surface area (Å²) in [5.74, 6) is -1.15. The van der Waals surface area contributed by atoms with Gasteiger partial charge in [0.25, 0.3) is 0 Å². The van der Waals surface area contributed by atoms with Crippen LogP contribution in [-0.4, -0.2) is 27.4 Å². The third-order valence-electron chi connectivity index (χ3n) is 4.46. The SMILES string of the molecule is Cc1c(CS(C)=O)cccc1NC(=O)C1CCCC(C(=O)O)C1. The van der Waals surface area contributed by atoms with Gasteiger partial charge in [-0.3, -0.25) is 13.8 Å². The first-order valence-corrected chi connectivity index (χ1v) is 9.53. The third-order valence-corrected chi connectivity index (χ3v) is 5.17. The molecule has 0 spiro atoms. The van der Waals surface area contributed by atoms with Gasteiger partial charge < -0.3 is 10.4 Å². The fourth-order valence-corrected chi connectivity index (χ4v) is 3.83. The Hall–Kier alpha value is -1.69. The van der Waals surface area contributed by atoms with Crippen molar-refractivity contribution in [3.63, 3.8) is 0 Å². The van der Waals surface area contributed by atoms with Gasteiger partial charge in [-0.2, -0.15) is 0 Å². The van der Waals surface area contributed by atoms with E-state index in [1.165, 1.54) is 0 Å². The Morgan fingerprint density at radius 2 is 2.00 bits per heavy atom. The van der Waals surface area contributed by atoms with E-state index < -0.39 is 22.7 Å². The van der Waals surface area contributed by atoms with Crippen LogP contribution in [0, 0.1) is 18.8 Å². The number of carbonyl (C=O) groups is 2. The Labute approximate surface area is 138 Å². The fraction of sp³-hybridized carbons (Fsp3) is 0.529. The van der Waals surface area contributed by atoms with Gasteiger partial charge in [0, 0.05) is 34.4 Å². The van der Waals surface area contributed by atoms with E-state index >= 15 is 0 Å². The van der Waals surface area contributed by atoms with Crippen LogP contribution < -0.4 is 5.32 Å². The summed E-state index contributed by atoms with van der Waals surface area (Å²) < 4.78 is 11.4. The van der Waals surface area contributed by atoms with E-state index in [-0.39, 0.29) is 11.8 Å². The topological polar surface area (TPSA) is 83.5 Å². The van der Waals surface area contributed by atoms with Crippen molar-refractivity contribution < 1.29 is 18.9 Å². The molecule has 0 heterocycles. The average molecular weight is 337 g/mol. The maximum Gasteiger partial charge on any atom is 0.306 e. The number of rotatable bonds is 5. The predicted octanol–water partition coefficient (Wildman–Crippen LogP) is 2.70. The van der Waals surface area contributed by atoms with Gasteiger partial charge >= 0.3 is 5.97 Å². The van der Waals surface area contributed by atoms with Crippen LogP contribution in [0.4, 0.5) is 5.69 Å². The summed E-state index contributed by atoms with van der Waals surface area (Å²) in [6, 6.07) is 5.58. The van der Waals surface area contributed by atoms with E-state index in [0.29, 0.717) is 18.6 Å². The first-order valence-electron chi connectivity index (χ1n) is 7.80. The number of anilines is 1. The number of nitrogens with one attached hydrogen (secondary N) is 1. The number of amides is 1. The summed E-state index contributed by atoms with van der Waals surface area (Å²) in [5.41, 5.74) is 2.59. The van der Waals surface area contributed by atoms with Crippen LogP contribution in [0.2, 0.25) is 0 Å². The fourth-order valence-electron chi connectivity index (χ4n) is 3.08. The van der Waals surface area contributed by atoms with E-state index in [4.69, 9.17) is 5.11 Å². The highest BCUT2D eigenvalue weighted by atomic mass is 32.2. The number of carbonyl (C=O) groups excluding carboxylic acids is 1. The van der Waals surface area contributed by atoms with Crippen LogP contribution in [-0.2, 0) is 26.1 Å². The Bertz CT molecular complexity index is 629. The van der Waals surface area contributed by atoms with E-state index in [1.807, 2.05) is 25.1 Å². The van der Waals surface area contributed by atoms with Crippen molar-refractivity contribution in [2.24, 2.45) is 11.8 Å². The molecule has 0 aliphatic heterocycles. The maximum absolute atomic E-state index is 12.5. The zero-order valence-corrected chi connectivity index (χ0v) is 14.3. The second-order valence-corrected chi connectivity index (χ2v) is 7.63. The minimum absolute atomic E-state index is 0.117. The van der Waals surface area contributed by atoms with Crippen LogP contribution in [0.25, 0.3) is 0 Å². The molecule has 1 aromatic carbocycles. The summed E-state index contributed by atoms with van der Waals surface area (Å²) >= 11 is 0. The molecule has 23 heavy (non-hydrogen) atoms. The summed E-state index contributed by atoms with van der Waals surface area (Å²) in [7, 11) is -0.940. The van der Waals surface area contributed by atoms with E-state index in [9.17, 15) is 13.8 Å². The van der Waals surface area contributed by atoms with Crippen molar-refractivity contribution in [2.75, 3.05) is 11.6 Å². The molecule has 1 aliphatic carbocycles. The molecule has 126 valence electrons. The van der Waals surface area contributed by atoms with E-state index in [2.05, 4.69) is 5.32 Å².